The highest BCUT2D eigenvalue weighted by Gasteiger charge is 2.66. The second kappa shape index (κ2) is 17.4. The number of aliphatic hydroxyl groups excluding tert-OH is 1. The minimum absolute atomic E-state index is 0.0335. The Morgan fingerprint density at radius 2 is 1.48 bits per heavy atom. The van der Waals surface area contributed by atoms with Gasteiger partial charge in [-0.3, -0.25) is 19.2 Å². The number of anilines is 5. The van der Waals surface area contributed by atoms with E-state index in [1.165, 1.54) is 0 Å². The number of amides is 4. The highest BCUT2D eigenvalue weighted by molar-refractivity contribution is 6.91. The summed E-state index contributed by atoms with van der Waals surface area (Å²) in [7, 11) is -0.994. The monoisotopic (exact) mass is 866 g/mol. The van der Waals surface area contributed by atoms with Crippen LogP contribution in [0, 0.1) is 5.92 Å². The van der Waals surface area contributed by atoms with Crippen LogP contribution in [0.25, 0.3) is 0 Å². The number of nitrogen functional groups attached to an aromatic ring is 2. The smallest absolute Gasteiger partial charge is 0.264 e. The topological polar surface area (TPSA) is 190 Å². The third-order valence-electron chi connectivity index (χ3n) is 13.2. The van der Waals surface area contributed by atoms with Gasteiger partial charge in [-0.2, -0.15) is 0 Å². The first kappa shape index (κ1) is 43.2. The summed E-state index contributed by atoms with van der Waals surface area (Å²) in [5.41, 5.74) is 14.9. The summed E-state index contributed by atoms with van der Waals surface area (Å²) in [5, 5.41) is 17.3. The van der Waals surface area contributed by atoms with Gasteiger partial charge >= 0.3 is 0 Å². The zero-order valence-corrected chi connectivity index (χ0v) is 37.0. The number of methoxy groups -OCH3 is 1. The van der Waals surface area contributed by atoms with Gasteiger partial charge in [0.1, 0.15) is 5.75 Å². The summed E-state index contributed by atoms with van der Waals surface area (Å²) in [4.78, 5) is 60.1. The fourth-order valence-electron chi connectivity index (χ4n) is 10.00. The van der Waals surface area contributed by atoms with Gasteiger partial charge in [-0.15, -0.1) is 0 Å². The first-order chi connectivity index (χ1) is 30.2. The second-order valence-electron chi connectivity index (χ2n) is 17.4. The van der Waals surface area contributed by atoms with Crippen LogP contribution in [0.3, 0.4) is 0 Å². The molecule has 2 fully saturated rings. The molecule has 14 heteroatoms. The molecule has 0 saturated carbocycles. The lowest BCUT2D eigenvalue weighted by atomic mass is 9.82. The molecule has 0 aliphatic carbocycles. The highest BCUT2D eigenvalue weighted by atomic mass is 28.3. The number of carbonyl (C=O) groups excluding carboxylic acids is 4. The number of nitrogens with two attached hydrogens (primary N) is 2. The molecular formula is C49H54N6O7Si. The number of fused-ring (bicyclic) bond motifs is 2. The first-order valence-electron chi connectivity index (χ1n) is 21.4. The van der Waals surface area contributed by atoms with Crippen molar-refractivity contribution in [2.45, 2.75) is 69.1 Å². The van der Waals surface area contributed by atoms with Crippen LogP contribution >= 0.6 is 0 Å². The molecule has 8 rings (SSSR count). The number of hydrogen-bond donors (Lipinski definition) is 5. The van der Waals surface area contributed by atoms with Crippen molar-refractivity contribution in [1.82, 2.24) is 4.90 Å². The minimum atomic E-state index is -2.62. The van der Waals surface area contributed by atoms with Crippen LogP contribution in [-0.4, -0.2) is 74.1 Å². The molecule has 5 aromatic carbocycles. The van der Waals surface area contributed by atoms with E-state index < -0.39 is 25.7 Å². The van der Waals surface area contributed by atoms with E-state index in [9.17, 15) is 19.5 Å². The summed E-state index contributed by atoms with van der Waals surface area (Å²) in [6, 6.07) is 33.8. The molecule has 0 aromatic heterocycles. The van der Waals surface area contributed by atoms with Crippen LogP contribution in [0.4, 0.5) is 28.4 Å². The minimum Gasteiger partial charge on any atom is -0.497 e. The number of carbonyl (C=O) groups is 4. The number of aliphatic hydroxyl groups is 1. The third-order valence-corrected chi connectivity index (χ3v) is 17.6. The van der Waals surface area contributed by atoms with E-state index in [1.54, 1.807) is 77.6 Å². The molecule has 4 amide bonds. The van der Waals surface area contributed by atoms with Crippen molar-refractivity contribution in [3.05, 3.63) is 138 Å². The molecule has 3 aliphatic rings. The zero-order valence-electron chi connectivity index (χ0n) is 36.0. The fourth-order valence-corrected chi connectivity index (χ4v) is 14.0. The van der Waals surface area contributed by atoms with Crippen molar-refractivity contribution >= 4 is 65.3 Å². The maximum atomic E-state index is 15.6. The maximum absolute atomic E-state index is 15.6. The molecule has 63 heavy (non-hydrogen) atoms. The van der Waals surface area contributed by atoms with Gasteiger partial charge in [0.2, 0.25) is 5.91 Å². The number of hydrogen-bond acceptors (Lipinski definition) is 9. The number of likely N-dealkylation sites (tertiary alicyclic amines) is 1. The number of benzene rings is 5. The van der Waals surface area contributed by atoms with Crippen molar-refractivity contribution in [2.75, 3.05) is 47.3 Å². The van der Waals surface area contributed by atoms with Crippen LogP contribution in [-0.2, 0) is 26.5 Å². The lowest BCUT2D eigenvalue weighted by Gasteiger charge is -2.37. The molecule has 326 valence electrons. The van der Waals surface area contributed by atoms with Crippen molar-refractivity contribution in [1.29, 1.82) is 0 Å². The average molecular weight is 867 g/mol. The molecule has 3 heterocycles. The Labute approximate surface area is 368 Å². The van der Waals surface area contributed by atoms with Gasteiger partial charge in [0.25, 0.3) is 17.7 Å². The molecule has 5 atom stereocenters. The number of ether oxygens (including phenoxy) is 2. The SMILES string of the molecule is COc1ccc([Si](C)(C)[C@@H]2[C@@H](CC(=O)N3CCC[C@H]3CO)O[C@]3(C(=O)N(Cc4cccc(NC(=O)c5ccc(N)cc5)c4)c4ccc(NC(=O)c5ccc(N)cc5)cc43)[C@H]2C)cc1. The predicted octanol–water partition coefficient (Wildman–Crippen LogP) is 6.50. The summed E-state index contributed by atoms with van der Waals surface area (Å²) >= 11 is 0. The Kier molecular flexibility index (Phi) is 11.9. The Hall–Kier alpha value is -6.48. The normalized spacial score (nSPS) is 21.7. The molecular weight excluding hydrogens is 813 g/mol. The first-order valence-corrected chi connectivity index (χ1v) is 24.4. The Morgan fingerprint density at radius 3 is 2.08 bits per heavy atom. The Morgan fingerprint density at radius 1 is 0.857 bits per heavy atom. The molecule has 7 N–H and O–H groups in total. The van der Waals surface area contributed by atoms with Crippen molar-refractivity contribution < 1.29 is 33.8 Å². The van der Waals surface area contributed by atoms with E-state index in [1.807, 2.05) is 42.5 Å². The molecule has 0 radical (unpaired) electrons. The van der Waals surface area contributed by atoms with Crippen molar-refractivity contribution in [2.24, 2.45) is 5.92 Å². The average Bonchev–Trinajstić information content (AvgIpc) is 3.94. The Bertz CT molecular complexity index is 2530. The summed E-state index contributed by atoms with van der Waals surface area (Å²) in [6.07, 6.45) is 0.900. The molecule has 5 aromatic rings. The maximum Gasteiger partial charge on any atom is 0.264 e. The fraction of sp³-hybridized carbons (Fsp3) is 0.306. The number of nitrogens with zero attached hydrogens (tertiary/aromatic N) is 2. The van der Waals surface area contributed by atoms with Gasteiger partial charge in [0.15, 0.2) is 5.60 Å². The molecule has 0 unspecified atom stereocenters. The van der Waals surface area contributed by atoms with E-state index in [0.29, 0.717) is 51.7 Å². The van der Waals surface area contributed by atoms with Gasteiger partial charge in [-0.1, -0.05) is 49.5 Å². The predicted molar refractivity (Wildman–Crippen MR) is 248 cm³/mol. The van der Waals surface area contributed by atoms with E-state index in [4.69, 9.17) is 20.9 Å². The standard InChI is InChI=1S/C49H54N6O7Si/c1-30-45(63(3,4)40-21-19-39(61-2)20-22-40)43(27-44(57)54-24-6-9-38(54)29-56)62-49(30)41-26-37(53-47(59)33-12-16-35(51)17-13-33)18-23-42(41)55(48(49)60)28-31-7-5-8-36(25-31)52-46(58)32-10-14-34(50)15-11-32/h5,7-8,10-23,25-26,30,38,43,45,56H,6,9,24,27-29,50-51H2,1-4H3,(H,52,58)(H,53,59)/t30-,38-,43+,45-,49+/m0/s1. The quantitative estimate of drug-likeness (QED) is 0.0689. The van der Waals surface area contributed by atoms with E-state index in [0.717, 1.165) is 29.3 Å². The van der Waals surface area contributed by atoms with Gasteiger partial charge in [0, 0.05) is 51.9 Å². The molecule has 3 aliphatic heterocycles. The van der Waals surface area contributed by atoms with Gasteiger partial charge < -0.3 is 46.5 Å². The van der Waals surface area contributed by atoms with Crippen molar-refractivity contribution in [3.8, 4) is 5.75 Å². The largest absolute Gasteiger partial charge is 0.497 e. The molecule has 0 bridgehead atoms. The lowest BCUT2D eigenvalue weighted by Crippen LogP contribution is -2.52. The summed E-state index contributed by atoms with van der Waals surface area (Å²) < 4.78 is 12.8. The molecule has 2 saturated heterocycles. The van der Waals surface area contributed by atoms with E-state index >= 15 is 4.79 Å². The van der Waals surface area contributed by atoms with Crippen LogP contribution < -0.4 is 36.9 Å². The van der Waals surface area contributed by atoms with Crippen LogP contribution in [0.5, 0.6) is 5.75 Å². The highest BCUT2D eigenvalue weighted by Crippen LogP contribution is 2.60. The molecule has 1 spiro atoms. The van der Waals surface area contributed by atoms with E-state index in [-0.39, 0.29) is 54.8 Å². The van der Waals surface area contributed by atoms with Crippen LogP contribution in [0.2, 0.25) is 18.6 Å². The van der Waals surface area contributed by atoms with Crippen molar-refractivity contribution in [3.63, 3.8) is 0 Å². The van der Waals surface area contributed by atoms with Crippen LogP contribution in [0.15, 0.2) is 115 Å². The van der Waals surface area contributed by atoms with Gasteiger partial charge in [-0.05, 0) is 115 Å². The Balaban J connectivity index is 1.19. The third kappa shape index (κ3) is 8.17. The summed E-state index contributed by atoms with van der Waals surface area (Å²) in [6.45, 7) is 7.14. The van der Waals surface area contributed by atoms with E-state index in [2.05, 4.69) is 42.8 Å². The number of rotatable bonds is 12. The molecule has 13 nitrogen and oxygen atoms in total. The second-order valence-corrected chi connectivity index (χ2v) is 22.1. The lowest BCUT2D eigenvalue weighted by molar-refractivity contribution is -0.150. The van der Waals surface area contributed by atoms with Gasteiger partial charge in [0.05, 0.1) is 52.6 Å². The summed E-state index contributed by atoms with van der Waals surface area (Å²) in [5.74, 6) is -0.750. The number of nitrogens with one attached hydrogen (secondary N) is 2. The zero-order chi connectivity index (χ0) is 44.6. The van der Waals surface area contributed by atoms with Crippen LogP contribution in [0.1, 0.15) is 58.0 Å². The van der Waals surface area contributed by atoms with Gasteiger partial charge in [-0.25, -0.2) is 0 Å².